The van der Waals surface area contributed by atoms with Crippen molar-refractivity contribution in [1.82, 2.24) is 20.4 Å². The van der Waals surface area contributed by atoms with Crippen molar-refractivity contribution in [3.05, 3.63) is 77.4 Å². The van der Waals surface area contributed by atoms with Crippen LogP contribution >= 0.6 is 24.0 Å². The summed E-state index contributed by atoms with van der Waals surface area (Å²) in [4.78, 5) is 4.24. The molecule has 0 aliphatic carbocycles. The van der Waals surface area contributed by atoms with Gasteiger partial charge in [0.1, 0.15) is 11.6 Å². The highest BCUT2D eigenvalue weighted by atomic mass is 127. The van der Waals surface area contributed by atoms with Crippen molar-refractivity contribution < 1.29 is 9.13 Å². The van der Waals surface area contributed by atoms with E-state index in [1.165, 1.54) is 6.07 Å². The number of guanidine groups is 1. The predicted molar refractivity (Wildman–Crippen MR) is 129 cm³/mol. The fourth-order valence-corrected chi connectivity index (χ4v) is 2.98. The average Bonchev–Trinajstić information content (AvgIpc) is 3.21. The summed E-state index contributed by atoms with van der Waals surface area (Å²) < 4.78 is 20.2. The van der Waals surface area contributed by atoms with Gasteiger partial charge in [-0.3, -0.25) is 4.99 Å². The van der Waals surface area contributed by atoms with Gasteiger partial charge in [0, 0.05) is 19.8 Å². The number of methoxy groups -OCH3 is 1. The lowest BCUT2D eigenvalue weighted by Crippen LogP contribution is -2.38. The summed E-state index contributed by atoms with van der Waals surface area (Å²) in [7, 11) is 3.38. The summed E-state index contributed by atoms with van der Waals surface area (Å²) in [6.07, 6.45) is 2.71. The van der Waals surface area contributed by atoms with Crippen LogP contribution in [0.2, 0.25) is 0 Å². The number of hydrogen-bond donors (Lipinski definition) is 2. The standard InChI is InChI=1S/C22H26FN5O.HI/c1-16-14-18(23)5-4-17(16)10-12-25-22(24-2)26-15-19-11-13-28(27-19)20-6-8-21(29-3)9-7-20;/h4-9,11,13-14H,10,12,15H2,1-3H3,(H2,24,25,26);1H. The first-order valence-corrected chi connectivity index (χ1v) is 9.47. The molecule has 3 rings (SSSR count). The first kappa shape index (κ1) is 23.7. The van der Waals surface area contributed by atoms with Gasteiger partial charge in [0.05, 0.1) is 25.0 Å². The molecule has 0 amide bonds. The van der Waals surface area contributed by atoms with Crippen LogP contribution in [-0.2, 0) is 13.0 Å². The molecule has 30 heavy (non-hydrogen) atoms. The van der Waals surface area contributed by atoms with Crippen LogP contribution in [0.15, 0.2) is 59.7 Å². The van der Waals surface area contributed by atoms with Crippen molar-refractivity contribution in [3.63, 3.8) is 0 Å². The van der Waals surface area contributed by atoms with Crippen molar-refractivity contribution in [1.29, 1.82) is 0 Å². The third kappa shape index (κ3) is 6.45. The second-order valence-corrected chi connectivity index (χ2v) is 6.62. The zero-order valence-electron chi connectivity index (χ0n) is 17.4. The van der Waals surface area contributed by atoms with E-state index in [1.807, 2.05) is 54.2 Å². The molecule has 0 unspecified atom stereocenters. The maximum atomic E-state index is 13.2. The van der Waals surface area contributed by atoms with E-state index >= 15 is 0 Å². The molecule has 6 nitrogen and oxygen atoms in total. The summed E-state index contributed by atoms with van der Waals surface area (Å²) >= 11 is 0. The number of hydrogen-bond acceptors (Lipinski definition) is 3. The van der Waals surface area contributed by atoms with E-state index in [0.29, 0.717) is 19.0 Å². The molecule has 0 fully saturated rings. The minimum atomic E-state index is -0.203. The summed E-state index contributed by atoms with van der Waals surface area (Å²) in [6, 6.07) is 14.6. The van der Waals surface area contributed by atoms with Crippen molar-refractivity contribution in [2.45, 2.75) is 19.9 Å². The lowest BCUT2D eigenvalue weighted by Gasteiger charge is -2.12. The average molecular weight is 523 g/mol. The number of ether oxygens (including phenoxy) is 1. The SMILES string of the molecule is CN=C(NCCc1ccc(F)cc1C)NCc1ccn(-c2ccc(OC)cc2)n1.I. The van der Waals surface area contributed by atoms with Crippen LogP contribution in [0.4, 0.5) is 4.39 Å². The normalized spacial score (nSPS) is 11.0. The van der Waals surface area contributed by atoms with Crippen LogP contribution in [-0.4, -0.2) is 36.4 Å². The van der Waals surface area contributed by atoms with Crippen molar-refractivity contribution >= 4 is 29.9 Å². The molecule has 2 N–H and O–H groups in total. The molecular formula is C22H27FIN5O. The highest BCUT2D eigenvalue weighted by Gasteiger charge is 2.05. The van der Waals surface area contributed by atoms with Gasteiger partial charge in [-0.15, -0.1) is 24.0 Å². The molecular weight excluding hydrogens is 496 g/mol. The van der Waals surface area contributed by atoms with Crippen LogP contribution < -0.4 is 15.4 Å². The number of aryl methyl sites for hydroxylation is 1. The van der Waals surface area contributed by atoms with E-state index in [1.54, 1.807) is 20.2 Å². The minimum absolute atomic E-state index is 0. The molecule has 1 aromatic heterocycles. The molecule has 0 saturated carbocycles. The first-order chi connectivity index (χ1) is 14.1. The smallest absolute Gasteiger partial charge is 0.191 e. The Morgan fingerprint density at radius 1 is 1.13 bits per heavy atom. The van der Waals surface area contributed by atoms with E-state index in [2.05, 4.69) is 20.7 Å². The predicted octanol–water partition coefficient (Wildman–Crippen LogP) is 3.85. The zero-order valence-corrected chi connectivity index (χ0v) is 19.7. The van der Waals surface area contributed by atoms with Gasteiger partial charge in [-0.25, -0.2) is 9.07 Å². The molecule has 160 valence electrons. The zero-order chi connectivity index (χ0) is 20.6. The van der Waals surface area contributed by atoms with Crippen LogP contribution in [0.25, 0.3) is 5.69 Å². The van der Waals surface area contributed by atoms with E-state index in [4.69, 9.17) is 4.74 Å². The summed E-state index contributed by atoms with van der Waals surface area (Å²) in [5.41, 5.74) is 3.94. The molecule has 0 aliphatic rings. The van der Waals surface area contributed by atoms with Gasteiger partial charge in [-0.05, 0) is 66.9 Å². The Labute approximate surface area is 193 Å². The lowest BCUT2D eigenvalue weighted by molar-refractivity contribution is 0.414. The summed E-state index contributed by atoms with van der Waals surface area (Å²) in [5.74, 6) is 1.31. The number of benzene rings is 2. The van der Waals surface area contributed by atoms with Crippen molar-refractivity contribution in [2.75, 3.05) is 20.7 Å². The second kappa shape index (κ2) is 11.5. The van der Waals surface area contributed by atoms with Crippen molar-refractivity contribution in [3.8, 4) is 11.4 Å². The quantitative estimate of drug-likeness (QED) is 0.281. The summed E-state index contributed by atoms with van der Waals surface area (Å²) in [6.45, 7) is 3.18. The van der Waals surface area contributed by atoms with Gasteiger partial charge in [0.15, 0.2) is 5.96 Å². The molecule has 0 radical (unpaired) electrons. The first-order valence-electron chi connectivity index (χ1n) is 9.47. The monoisotopic (exact) mass is 523 g/mol. The van der Waals surface area contributed by atoms with Gasteiger partial charge in [-0.2, -0.15) is 5.10 Å². The molecule has 3 aromatic rings. The fraction of sp³-hybridized carbons (Fsp3) is 0.273. The van der Waals surface area contributed by atoms with Crippen LogP contribution in [0.3, 0.4) is 0 Å². The number of halogens is 2. The fourth-order valence-electron chi connectivity index (χ4n) is 2.98. The Morgan fingerprint density at radius 2 is 1.90 bits per heavy atom. The maximum Gasteiger partial charge on any atom is 0.191 e. The van der Waals surface area contributed by atoms with E-state index in [9.17, 15) is 4.39 Å². The highest BCUT2D eigenvalue weighted by molar-refractivity contribution is 14.0. The number of aromatic nitrogens is 2. The lowest BCUT2D eigenvalue weighted by atomic mass is 10.1. The third-order valence-corrected chi connectivity index (χ3v) is 4.63. The molecule has 0 bridgehead atoms. The number of rotatable bonds is 7. The Kier molecular flexibility index (Phi) is 9.10. The Balaban J connectivity index is 0.00000320. The van der Waals surface area contributed by atoms with Gasteiger partial charge in [0.2, 0.25) is 0 Å². The summed E-state index contributed by atoms with van der Waals surface area (Å²) in [5, 5.41) is 11.1. The van der Waals surface area contributed by atoms with E-state index in [-0.39, 0.29) is 29.8 Å². The number of nitrogens with zero attached hydrogens (tertiary/aromatic N) is 3. The van der Waals surface area contributed by atoms with Gasteiger partial charge in [0.25, 0.3) is 0 Å². The van der Waals surface area contributed by atoms with E-state index in [0.717, 1.165) is 34.7 Å². The van der Waals surface area contributed by atoms with Crippen LogP contribution in [0.1, 0.15) is 16.8 Å². The Morgan fingerprint density at radius 3 is 2.57 bits per heavy atom. The Bertz CT molecular complexity index is 972. The van der Waals surface area contributed by atoms with E-state index < -0.39 is 0 Å². The van der Waals surface area contributed by atoms with Gasteiger partial charge >= 0.3 is 0 Å². The third-order valence-electron chi connectivity index (χ3n) is 4.63. The molecule has 0 saturated heterocycles. The highest BCUT2D eigenvalue weighted by Crippen LogP contribution is 2.14. The molecule has 0 spiro atoms. The molecule has 1 heterocycles. The topological polar surface area (TPSA) is 63.5 Å². The van der Waals surface area contributed by atoms with Crippen molar-refractivity contribution in [2.24, 2.45) is 4.99 Å². The van der Waals surface area contributed by atoms with Gasteiger partial charge in [-0.1, -0.05) is 6.07 Å². The molecule has 8 heteroatoms. The van der Waals surface area contributed by atoms with Crippen LogP contribution in [0.5, 0.6) is 5.75 Å². The number of aliphatic imine (C=N–C) groups is 1. The van der Waals surface area contributed by atoms with Gasteiger partial charge < -0.3 is 15.4 Å². The molecule has 0 aliphatic heterocycles. The molecule has 0 atom stereocenters. The number of nitrogens with one attached hydrogen (secondary N) is 2. The Hall–Kier alpha value is -2.62. The van der Waals surface area contributed by atoms with Crippen LogP contribution in [0, 0.1) is 12.7 Å². The largest absolute Gasteiger partial charge is 0.497 e. The maximum absolute atomic E-state index is 13.2. The minimum Gasteiger partial charge on any atom is -0.497 e. The second-order valence-electron chi connectivity index (χ2n) is 6.62. The molecule has 2 aromatic carbocycles.